The third-order valence-electron chi connectivity index (χ3n) is 2.10. The highest BCUT2D eigenvalue weighted by molar-refractivity contribution is 9.08. The Bertz CT molecular complexity index is 593. The summed E-state index contributed by atoms with van der Waals surface area (Å²) in [5, 5.41) is 0.689. The standard InChI is InChI=1S/C10H14BrNO4S2/c1-17(13,14)6-7-18(15,16)12-10-4-2-9(8-11)3-5-10/h2-5,12H,6-8H2,1H3. The molecule has 1 aromatic carbocycles. The van der Waals surface area contributed by atoms with E-state index in [4.69, 9.17) is 0 Å². The lowest BCUT2D eigenvalue weighted by Gasteiger charge is -2.07. The van der Waals surface area contributed by atoms with Crippen molar-refractivity contribution in [2.45, 2.75) is 5.33 Å². The normalized spacial score (nSPS) is 12.3. The van der Waals surface area contributed by atoms with E-state index in [0.29, 0.717) is 11.0 Å². The molecule has 102 valence electrons. The van der Waals surface area contributed by atoms with Crippen LogP contribution in [0.2, 0.25) is 0 Å². The first-order valence-electron chi connectivity index (χ1n) is 5.05. The van der Waals surface area contributed by atoms with Crippen LogP contribution in [0.25, 0.3) is 0 Å². The van der Waals surface area contributed by atoms with Crippen molar-refractivity contribution in [2.24, 2.45) is 0 Å². The van der Waals surface area contributed by atoms with Gasteiger partial charge in [0.05, 0.1) is 11.5 Å². The maximum atomic E-state index is 11.6. The van der Waals surface area contributed by atoms with E-state index >= 15 is 0 Å². The van der Waals surface area contributed by atoms with Crippen LogP contribution in [0.4, 0.5) is 5.69 Å². The molecular weight excluding hydrogens is 342 g/mol. The number of sulfonamides is 1. The number of anilines is 1. The molecule has 1 N–H and O–H groups in total. The van der Waals surface area contributed by atoms with Gasteiger partial charge in [-0.2, -0.15) is 0 Å². The lowest BCUT2D eigenvalue weighted by Crippen LogP contribution is -2.22. The fourth-order valence-corrected chi connectivity index (χ4v) is 4.21. The van der Waals surface area contributed by atoms with Crippen LogP contribution in [-0.2, 0) is 25.2 Å². The zero-order chi connectivity index (χ0) is 13.8. The molecule has 0 saturated carbocycles. The highest BCUT2D eigenvalue weighted by Gasteiger charge is 2.14. The molecule has 8 heteroatoms. The van der Waals surface area contributed by atoms with E-state index in [0.717, 1.165) is 11.8 Å². The topological polar surface area (TPSA) is 80.3 Å². The molecule has 0 amide bonds. The predicted molar refractivity (Wildman–Crippen MR) is 76.2 cm³/mol. The molecule has 1 rings (SSSR count). The minimum Gasteiger partial charge on any atom is -0.284 e. The second kappa shape index (κ2) is 6.03. The van der Waals surface area contributed by atoms with Crippen molar-refractivity contribution < 1.29 is 16.8 Å². The molecule has 0 aliphatic heterocycles. The van der Waals surface area contributed by atoms with Crippen molar-refractivity contribution in [3.8, 4) is 0 Å². The smallest absolute Gasteiger partial charge is 0.233 e. The molecule has 0 fully saturated rings. The van der Waals surface area contributed by atoms with E-state index in [1.54, 1.807) is 24.3 Å². The summed E-state index contributed by atoms with van der Waals surface area (Å²) >= 11 is 3.28. The molecule has 0 spiro atoms. The number of hydrogen-bond donors (Lipinski definition) is 1. The number of sulfone groups is 1. The summed E-state index contributed by atoms with van der Waals surface area (Å²) in [6.07, 6.45) is 1.01. The van der Waals surface area contributed by atoms with Crippen LogP contribution >= 0.6 is 15.9 Å². The van der Waals surface area contributed by atoms with E-state index in [1.165, 1.54) is 0 Å². The number of nitrogens with one attached hydrogen (secondary N) is 1. The molecule has 0 radical (unpaired) electrons. The number of benzene rings is 1. The van der Waals surface area contributed by atoms with E-state index < -0.39 is 25.6 Å². The zero-order valence-corrected chi connectivity index (χ0v) is 13.0. The summed E-state index contributed by atoms with van der Waals surface area (Å²) < 4.78 is 47.4. The van der Waals surface area contributed by atoms with Gasteiger partial charge in [0.15, 0.2) is 0 Å². The van der Waals surface area contributed by atoms with Crippen molar-refractivity contribution in [3.63, 3.8) is 0 Å². The van der Waals surface area contributed by atoms with Gasteiger partial charge in [-0.25, -0.2) is 16.8 Å². The molecule has 0 aliphatic rings. The minimum absolute atomic E-state index is 0.387. The molecule has 18 heavy (non-hydrogen) atoms. The number of alkyl halides is 1. The highest BCUT2D eigenvalue weighted by atomic mass is 79.9. The number of hydrogen-bond acceptors (Lipinski definition) is 4. The molecule has 0 aliphatic carbocycles. The molecule has 0 heterocycles. The first-order chi connectivity index (χ1) is 8.22. The van der Waals surface area contributed by atoms with Crippen LogP contribution in [-0.4, -0.2) is 34.6 Å². The van der Waals surface area contributed by atoms with Crippen molar-refractivity contribution in [2.75, 3.05) is 22.5 Å². The third kappa shape index (κ3) is 5.83. The van der Waals surface area contributed by atoms with E-state index in [2.05, 4.69) is 20.7 Å². The Balaban J connectivity index is 2.70. The van der Waals surface area contributed by atoms with Gasteiger partial charge in [0.25, 0.3) is 0 Å². The maximum Gasteiger partial charge on any atom is 0.233 e. The fraction of sp³-hybridized carbons (Fsp3) is 0.400. The molecule has 0 atom stereocenters. The van der Waals surface area contributed by atoms with Gasteiger partial charge in [-0.3, -0.25) is 4.72 Å². The Morgan fingerprint density at radius 3 is 2.06 bits per heavy atom. The maximum absolute atomic E-state index is 11.6. The van der Waals surface area contributed by atoms with Gasteiger partial charge in [-0.05, 0) is 17.7 Å². The Hall–Kier alpha value is -0.600. The van der Waals surface area contributed by atoms with Gasteiger partial charge in [0.1, 0.15) is 9.84 Å². The van der Waals surface area contributed by atoms with Crippen LogP contribution in [0.1, 0.15) is 5.56 Å². The molecule has 0 aromatic heterocycles. The lowest BCUT2D eigenvalue weighted by atomic mass is 10.2. The van der Waals surface area contributed by atoms with Crippen LogP contribution in [0, 0.1) is 0 Å². The summed E-state index contributed by atoms with van der Waals surface area (Å²) in [6.45, 7) is 0. The molecule has 0 bridgehead atoms. The molecular formula is C10H14BrNO4S2. The van der Waals surface area contributed by atoms with E-state index in [1.807, 2.05) is 0 Å². The van der Waals surface area contributed by atoms with E-state index in [9.17, 15) is 16.8 Å². The third-order valence-corrected chi connectivity index (χ3v) is 5.24. The number of halogens is 1. The average Bonchev–Trinajstić information content (AvgIpc) is 2.26. The summed E-state index contributed by atoms with van der Waals surface area (Å²) in [5.74, 6) is -0.826. The largest absolute Gasteiger partial charge is 0.284 e. The minimum atomic E-state index is -3.63. The van der Waals surface area contributed by atoms with Crippen LogP contribution in [0.15, 0.2) is 24.3 Å². The van der Waals surface area contributed by atoms with Gasteiger partial charge in [-0.1, -0.05) is 28.1 Å². The van der Waals surface area contributed by atoms with Crippen molar-refractivity contribution in [1.82, 2.24) is 0 Å². The summed E-state index contributed by atoms with van der Waals surface area (Å²) in [7, 11) is -6.91. The molecule has 0 unspecified atom stereocenters. The van der Waals surface area contributed by atoms with Crippen molar-refractivity contribution in [1.29, 1.82) is 0 Å². The Labute approximate surface area is 116 Å². The van der Waals surface area contributed by atoms with Gasteiger partial charge in [-0.15, -0.1) is 0 Å². The summed E-state index contributed by atoms with van der Waals surface area (Å²) in [4.78, 5) is 0. The average molecular weight is 356 g/mol. The summed E-state index contributed by atoms with van der Waals surface area (Å²) in [6, 6.07) is 6.83. The molecule has 5 nitrogen and oxygen atoms in total. The van der Waals surface area contributed by atoms with Gasteiger partial charge >= 0.3 is 0 Å². The van der Waals surface area contributed by atoms with Crippen LogP contribution < -0.4 is 4.72 Å². The Morgan fingerprint density at radius 1 is 1.06 bits per heavy atom. The Morgan fingerprint density at radius 2 is 1.61 bits per heavy atom. The van der Waals surface area contributed by atoms with Crippen LogP contribution in [0.5, 0.6) is 0 Å². The Kier molecular flexibility index (Phi) is 5.18. The van der Waals surface area contributed by atoms with Gasteiger partial charge in [0, 0.05) is 17.3 Å². The number of rotatable bonds is 6. The first kappa shape index (κ1) is 15.5. The second-order valence-corrected chi connectivity index (χ2v) is 8.54. The van der Waals surface area contributed by atoms with Gasteiger partial charge < -0.3 is 0 Å². The van der Waals surface area contributed by atoms with Crippen LogP contribution in [0.3, 0.4) is 0 Å². The predicted octanol–water partition coefficient (Wildman–Crippen LogP) is 1.37. The summed E-state index contributed by atoms with van der Waals surface area (Å²) in [5.41, 5.74) is 1.45. The van der Waals surface area contributed by atoms with Crippen molar-refractivity contribution >= 4 is 41.5 Å². The monoisotopic (exact) mass is 355 g/mol. The lowest BCUT2D eigenvalue weighted by molar-refractivity contribution is 0.593. The van der Waals surface area contributed by atoms with E-state index in [-0.39, 0.29) is 5.75 Å². The molecule has 1 aromatic rings. The highest BCUT2D eigenvalue weighted by Crippen LogP contribution is 2.13. The first-order valence-corrected chi connectivity index (χ1v) is 9.88. The van der Waals surface area contributed by atoms with Crippen molar-refractivity contribution in [3.05, 3.63) is 29.8 Å². The zero-order valence-electron chi connectivity index (χ0n) is 9.76. The van der Waals surface area contributed by atoms with Gasteiger partial charge in [0.2, 0.25) is 10.0 Å². The second-order valence-electron chi connectivity index (χ2n) is 3.88. The fourth-order valence-electron chi connectivity index (χ4n) is 1.15. The quantitative estimate of drug-likeness (QED) is 0.781. The SMILES string of the molecule is CS(=O)(=O)CCS(=O)(=O)Nc1ccc(CBr)cc1. The molecule has 0 saturated heterocycles.